The quantitative estimate of drug-likeness (QED) is 0.811. The minimum atomic E-state index is 0.529. The van der Waals surface area contributed by atoms with Gasteiger partial charge in [-0.25, -0.2) is 4.68 Å². The molecule has 2 aromatic rings. The van der Waals surface area contributed by atoms with Crippen molar-refractivity contribution in [3.8, 4) is 11.1 Å². The van der Waals surface area contributed by atoms with Crippen LogP contribution in [0.5, 0.6) is 0 Å². The average molecular weight is 227 g/mol. The van der Waals surface area contributed by atoms with Crippen molar-refractivity contribution >= 4 is 5.82 Å². The molecule has 1 N–H and O–H groups in total. The van der Waals surface area contributed by atoms with Crippen molar-refractivity contribution in [2.45, 2.75) is 32.9 Å². The van der Waals surface area contributed by atoms with Gasteiger partial charge in [-0.2, -0.15) is 5.10 Å². The molecule has 0 radical (unpaired) electrons. The van der Waals surface area contributed by atoms with Crippen LogP contribution in [0.25, 0.3) is 11.1 Å². The molecule has 0 saturated heterocycles. The van der Waals surface area contributed by atoms with Gasteiger partial charge in [0.2, 0.25) is 0 Å². The van der Waals surface area contributed by atoms with Gasteiger partial charge in [0.1, 0.15) is 5.82 Å². The van der Waals surface area contributed by atoms with Crippen LogP contribution in [-0.2, 0) is 6.54 Å². The van der Waals surface area contributed by atoms with E-state index < -0.39 is 0 Å². The third-order valence-electron chi connectivity index (χ3n) is 3.35. The number of anilines is 1. The van der Waals surface area contributed by atoms with E-state index in [0.29, 0.717) is 6.04 Å². The molecule has 3 rings (SSSR count). The van der Waals surface area contributed by atoms with E-state index in [1.807, 2.05) is 6.07 Å². The molecule has 0 bridgehead atoms. The zero-order valence-corrected chi connectivity index (χ0v) is 10.3. The Balaban J connectivity index is 2.14. The van der Waals surface area contributed by atoms with Gasteiger partial charge in [0, 0.05) is 18.2 Å². The maximum Gasteiger partial charge on any atom is 0.132 e. The van der Waals surface area contributed by atoms with Crippen LogP contribution in [-0.4, -0.2) is 15.8 Å². The Morgan fingerprint density at radius 1 is 1.29 bits per heavy atom. The van der Waals surface area contributed by atoms with Gasteiger partial charge in [-0.3, -0.25) is 0 Å². The molecule has 88 valence electrons. The largest absolute Gasteiger partial charge is 0.367 e. The maximum atomic E-state index is 4.62. The highest BCUT2D eigenvalue weighted by Crippen LogP contribution is 2.33. The molecule has 1 aliphatic heterocycles. The molecule has 1 aliphatic rings. The summed E-state index contributed by atoms with van der Waals surface area (Å²) >= 11 is 0. The van der Waals surface area contributed by atoms with E-state index in [-0.39, 0.29) is 0 Å². The van der Waals surface area contributed by atoms with Gasteiger partial charge in [0.15, 0.2) is 0 Å². The lowest BCUT2D eigenvalue weighted by atomic mass is 10.0. The van der Waals surface area contributed by atoms with Crippen LogP contribution in [0.1, 0.15) is 19.0 Å². The topological polar surface area (TPSA) is 29.9 Å². The van der Waals surface area contributed by atoms with E-state index in [2.05, 4.69) is 53.2 Å². The van der Waals surface area contributed by atoms with Crippen molar-refractivity contribution in [1.82, 2.24) is 9.78 Å². The fraction of sp³-hybridized carbons (Fsp3) is 0.357. The molecule has 0 amide bonds. The van der Waals surface area contributed by atoms with Crippen LogP contribution in [0.2, 0.25) is 0 Å². The normalized spacial score (nSPS) is 18.6. The predicted molar refractivity (Wildman–Crippen MR) is 70.1 cm³/mol. The molecule has 2 heterocycles. The second kappa shape index (κ2) is 3.91. The monoisotopic (exact) mass is 227 g/mol. The lowest BCUT2D eigenvalue weighted by Gasteiger charge is -2.23. The summed E-state index contributed by atoms with van der Waals surface area (Å²) < 4.78 is 2.09. The predicted octanol–water partition coefficient (Wildman–Crippen LogP) is 3.06. The number of benzene rings is 1. The Bertz CT molecular complexity index is 528. The van der Waals surface area contributed by atoms with Crippen molar-refractivity contribution < 1.29 is 0 Å². The van der Waals surface area contributed by atoms with Gasteiger partial charge < -0.3 is 5.32 Å². The summed E-state index contributed by atoms with van der Waals surface area (Å²) in [5.41, 5.74) is 3.60. The van der Waals surface area contributed by atoms with Crippen LogP contribution >= 0.6 is 0 Å². The van der Waals surface area contributed by atoms with E-state index in [4.69, 9.17) is 0 Å². The maximum absolute atomic E-state index is 4.62. The van der Waals surface area contributed by atoms with Crippen LogP contribution < -0.4 is 5.32 Å². The van der Waals surface area contributed by atoms with E-state index >= 15 is 0 Å². The molecule has 0 fully saturated rings. The number of fused-ring (bicyclic) bond motifs is 1. The van der Waals surface area contributed by atoms with Crippen molar-refractivity contribution in [2.75, 3.05) is 5.32 Å². The summed E-state index contributed by atoms with van der Waals surface area (Å²) in [7, 11) is 0. The van der Waals surface area contributed by atoms with Crippen LogP contribution in [0.15, 0.2) is 30.3 Å². The standard InChI is InChI=1S/C14H17N3/c1-10-8-9-17-14(15-10)13(11(2)16-17)12-6-4-3-5-7-12/h3-7,10,15H,8-9H2,1-2H3. The van der Waals surface area contributed by atoms with Crippen LogP contribution in [0.4, 0.5) is 5.82 Å². The summed E-state index contributed by atoms with van der Waals surface area (Å²) in [5.74, 6) is 1.17. The van der Waals surface area contributed by atoms with Gasteiger partial charge in [-0.15, -0.1) is 0 Å². The molecule has 0 aliphatic carbocycles. The van der Waals surface area contributed by atoms with Gasteiger partial charge in [0.25, 0.3) is 0 Å². The smallest absolute Gasteiger partial charge is 0.132 e. The highest BCUT2D eigenvalue weighted by Gasteiger charge is 2.21. The summed E-state index contributed by atoms with van der Waals surface area (Å²) in [6, 6.07) is 11.0. The zero-order chi connectivity index (χ0) is 11.8. The SMILES string of the molecule is Cc1nn2c(c1-c1ccccc1)NC(C)CC2. The van der Waals surface area contributed by atoms with Crippen molar-refractivity contribution in [2.24, 2.45) is 0 Å². The van der Waals surface area contributed by atoms with Crippen molar-refractivity contribution in [3.05, 3.63) is 36.0 Å². The number of aryl methyl sites for hydroxylation is 2. The Morgan fingerprint density at radius 2 is 2.06 bits per heavy atom. The lowest BCUT2D eigenvalue weighted by Crippen LogP contribution is -2.26. The first-order chi connectivity index (χ1) is 8.25. The third-order valence-corrected chi connectivity index (χ3v) is 3.35. The molecule has 3 heteroatoms. The summed E-state index contributed by atoms with van der Waals surface area (Å²) in [6.07, 6.45) is 1.14. The molecule has 0 spiro atoms. The van der Waals surface area contributed by atoms with Crippen LogP contribution in [0.3, 0.4) is 0 Å². The highest BCUT2D eigenvalue weighted by atomic mass is 15.3. The summed E-state index contributed by atoms with van der Waals surface area (Å²) in [5, 5.41) is 8.16. The minimum Gasteiger partial charge on any atom is -0.367 e. The molecular weight excluding hydrogens is 210 g/mol. The molecule has 17 heavy (non-hydrogen) atoms. The fourth-order valence-corrected chi connectivity index (χ4v) is 2.46. The lowest BCUT2D eigenvalue weighted by molar-refractivity contribution is 0.510. The highest BCUT2D eigenvalue weighted by molar-refractivity contribution is 5.78. The fourth-order valence-electron chi connectivity index (χ4n) is 2.46. The van der Waals surface area contributed by atoms with E-state index in [1.54, 1.807) is 0 Å². The number of nitrogens with zero attached hydrogens (tertiary/aromatic N) is 2. The third kappa shape index (κ3) is 1.71. The van der Waals surface area contributed by atoms with Gasteiger partial charge in [-0.05, 0) is 25.8 Å². The van der Waals surface area contributed by atoms with E-state index in [0.717, 1.165) is 18.7 Å². The molecule has 1 unspecified atom stereocenters. The average Bonchev–Trinajstić information content (AvgIpc) is 2.65. The minimum absolute atomic E-state index is 0.529. The molecule has 0 saturated carbocycles. The number of rotatable bonds is 1. The number of hydrogen-bond acceptors (Lipinski definition) is 2. The molecule has 1 atom stereocenters. The Hall–Kier alpha value is -1.77. The van der Waals surface area contributed by atoms with Gasteiger partial charge in [0.05, 0.1) is 5.69 Å². The molecule has 1 aromatic carbocycles. The zero-order valence-electron chi connectivity index (χ0n) is 10.3. The summed E-state index contributed by atoms with van der Waals surface area (Å²) in [4.78, 5) is 0. The van der Waals surface area contributed by atoms with Gasteiger partial charge >= 0.3 is 0 Å². The number of aromatic nitrogens is 2. The first-order valence-corrected chi connectivity index (χ1v) is 6.15. The summed E-state index contributed by atoms with van der Waals surface area (Å²) in [6.45, 7) is 5.32. The van der Waals surface area contributed by atoms with Crippen LogP contribution in [0, 0.1) is 6.92 Å². The Labute approximate surface area is 101 Å². The van der Waals surface area contributed by atoms with E-state index in [1.165, 1.54) is 16.9 Å². The number of hydrogen-bond donors (Lipinski definition) is 1. The second-order valence-corrected chi connectivity index (χ2v) is 4.73. The van der Waals surface area contributed by atoms with Crippen molar-refractivity contribution in [3.63, 3.8) is 0 Å². The Morgan fingerprint density at radius 3 is 2.82 bits per heavy atom. The Kier molecular flexibility index (Phi) is 2.39. The first-order valence-electron chi connectivity index (χ1n) is 6.15. The first kappa shape index (κ1) is 10.4. The van der Waals surface area contributed by atoms with Crippen molar-refractivity contribution in [1.29, 1.82) is 0 Å². The second-order valence-electron chi connectivity index (χ2n) is 4.73. The molecule has 3 nitrogen and oxygen atoms in total. The number of nitrogens with one attached hydrogen (secondary N) is 1. The molecular formula is C14H17N3. The van der Waals surface area contributed by atoms with Gasteiger partial charge in [-0.1, -0.05) is 30.3 Å². The van der Waals surface area contributed by atoms with E-state index in [9.17, 15) is 0 Å². The molecule has 1 aromatic heterocycles.